The molecule has 0 aromatic carbocycles. The van der Waals surface area contributed by atoms with Crippen LogP contribution < -0.4 is 10.2 Å². The van der Waals surface area contributed by atoms with Crippen molar-refractivity contribution in [1.82, 2.24) is 10.3 Å². The smallest absolute Gasteiger partial charge is 0.133 e. The maximum Gasteiger partial charge on any atom is 0.133 e. The second kappa shape index (κ2) is 5.98. The summed E-state index contributed by atoms with van der Waals surface area (Å²) in [6.07, 6.45) is 4.04. The van der Waals surface area contributed by atoms with Gasteiger partial charge in [-0.25, -0.2) is 4.98 Å². The Morgan fingerprint density at radius 1 is 1.59 bits per heavy atom. The Morgan fingerprint density at radius 2 is 2.47 bits per heavy atom. The summed E-state index contributed by atoms with van der Waals surface area (Å²) in [6, 6.07) is 4.32. The molecule has 4 nitrogen and oxygen atoms in total. The van der Waals surface area contributed by atoms with Gasteiger partial charge in [-0.15, -0.1) is 0 Å². The Balaban J connectivity index is 2.18. The van der Waals surface area contributed by atoms with Crippen molar-refractivity contribution in [2.24, 2.45) is 0 Å². The molecule has 0 amide bonds. The zero-order valence-corrected chi connectivity index (χ0v) is 10.4. The first-order valence-electron chi connectivity index (χ1n) is 6.39. The molecule has 0 radical (unpaired) electrons. The summed E-state index contributed by atoms with van der Waals surface area (Å²) >= 11 is 0. The molecule has 1 unspecified atom stereocenters. The molecule has 17 heavy (non-hydrogen) atoms. The molecule has 94 valence electrons. The van der Waals surface area contributed by atoms with Crippen LogP contribution in [0.1, 0.15) is 25.3 Å². The van der Waals surface area contributed by atoms with Crippen molar-refractivity contribution in [3.63, 3.8) is 0 Å². The minimum Gasteiger partial charge on any atom is -0.394 e. The average Bonchev–Trinajstić information content (AvgIpc) is 2.84. The standard InChI is InChI=1S/C13H21N3O/c1-2-14-9-11-5-3-7-15-13(11)16-8-4-6-12(16)10-17/h3,5,7,12,14,17H,2,4,6,8-10H2,1H3. The molecule has 1 aliphatic heterocycles. The maximum absolute atomic E-state index is 9.38. The molecule has 1 atom stereocenters. The average molecular weight is 235 g/mol. The van der Waals surface area contributed by atoms with Gasteiger partial charge in [0.2, 0.25) is 0 Å². The number of rotatable bonds is 5. The van der Waals surface area contributed by atoms with Crippen molar-refractivity contribution in [2.75, 3.05) is 24.6 Å². The van der Waals surface area contributed by atoms with Gasteiger partial charge in [-0.3, -0.25) is 0 Å². The lowest BCUT2D eigenvalue weighted by Crippen LogP contribution is -2.34. The molecule has 0 bridgehead atoms. The van der Waals surface area contributed by atoms with Gasteiger partial charge in [0, 0.05) is 24.8 Å². The number of hydrogen-bond donors (Lipinski definition) is 2. The Bertz CT molecular complexity index is 356. The van der Waals surface area contributed by atoms with E-state index in [-0.39, 0.29) is 12.6 Å². The molecular formula is C13H21N3O. The molecule has 4 heteroatoms. The van der Waals surface area contributed by atoms with Gasteiger partial charge >= 0.3 is 0 Å². The summed E-state index contributed by atoms with van der Waals surface area (Å²) in [6.45, 7) is 5.12. The number of nitrogens with zero attached hydrogens (tertiary/aromatic N) is 2. The van der Waals surface area contributed by atoms with Gasteiger partial charge in [0.15, 0.2) is 0 Å². The number of pyridine rings is 1. The highest BCUT2D eigenvalue weighted by Crippen LogP contribution is 2.26. The number of aliphatic hydroxyl groups excluding tert-OH is 1. The van der Waals surface area contributed by atoms with E-state index in [1.165, 1.54) is 5.56 Å². The van der Waals surface area contributed by atoms with Crippen molar-refractivity contribution in [2.45, 2.75) is 32.4 Å². The number of nitrogens with one attached hydrogen (secondary N) is 1. The molecule has 1 aromatic heterocycles. The first-order chi connectivity index (χ1) is 8.36. The molecule has 2 heterocycles. The topological polar surface area (TPSA) is 48.4 Å². The highest BCUT2D eigenvalue weighted by molar-refractivity contribution is 5.48. The van der Waals surface area contributed by atoms with Gasteiger partial charge in [0.25, 0.3) is 0 Å². The van der Waals surface area contributed by atoms with Gasteiger partial charge < -0.3 is 15.3 Å². The normalized spacial score (nSPS) is 19.9. The van der Waals surface area contributed by atoms with Crippen LogP contribution in [0.4, 0.5) is 5.82 Å². The summed E-state index contributed by atoms with van der Waals surface area (Å²) < 4.78 is 0. The molecule has 1 fully saturated rings. The largest absolute Gasteiger partial charge is 0.394 e. The van der Waals surface area contributed by atoms with E-state index in [2.05, 4.69) is 28.2 Å². The lowest BCUT2D eigenvalue weighted by molar-refractivity contribution is 0.266. The van der Waals surface area contributed by atoms with E-state index in [0.29, 0.717) is 0 Å². The third-order valence-corrected chi connectivity index (χ3v) is 3.29. The van der Waals surface area contributed by atoms with E-state index in [9.17, 15) is 5.11 Å². The third kappa shape index (κ3) is 2.76. The quantitative estimate of drug-likeness (QED) is 0.804. The van der Waals surface area contributed by atoms with Crippen LogP contribution in [-0.2, 0) is 6.54 Å². The van der Waals surface area contributed by atoms with E-state index in [1.807, 2.05) is 12.3 Å². The van der Waals surface area contributed by atoms with Crippen LogP contribution in [-0.4, -0.2) is 35.8 Å². The van der Waals surface area contributed by atoms with Crippen molar-refractivity contribution in [3.05, 3.63) is 23.9 Å². The highest BCUT2D eigenvalue weighted by Gasteiger charge is 2.26. The second-order valence-electron chi connectivity index (χ2n) is 4.44. The summed E-state index contributed by atoms with van der Waals surface area (Å²) in [5, 5.41) is 12.7. The van der Waals surface area contributed by atoms with Crippen molar-refractivity contribution in [1.29, 1.82) is 0 Å². The first-order valence-corrected chi connectivity index (χ1v) is 6.39. The summed E-state index contributed by atoms with van der Waals surface area (Å²) in [5.74, 6) is 1.03. The van der Waals surface area contributed by atoms with Crippen LogP contribution in [0.25, 0.3) is 0 Å². The monoisotopic (exact) mass is 235 g/mol. The van der Waals surface area contributed by atoms with E-state index in [0.717, 1.165) is 38.3 Å². The fourth-order valence-electron chi connectivity index (χ4n) is 2.39. The lowest BCUT2D eigenvalue weighted by atomic mass is 10.2. The predicted molar refractivity (Wildman–Crippen MR) is 69.1 cm³/mol. The Labute approximate surface area is 103 Å². The van der Waals surface area contributed by atoms with Gasteiger partial charge in [-0.1, -0.05) is 13.0 Å². The predicted octanol–water partition coefficient (Wildman–Crippen LogP) is 1.15. The number of anilines is 1. The van der Waals surface area contributed by atoms with Crippen molar-refractivity contribution < 1.29 is 5.11 Å². The minimum atomic E-state index is 0.219. The molecular weight excluding hydrogens is 214 g/mol. The minimum absolute atomic E-state index is 0.219. The molecule has 0 saturated carbocycles. The summed E-state index contributed by atoms with van der Waals surface area (Å²) in [4.78, 5) is 6.73. The highest BCUT2D eigenvalue weighted by atomic mass is 16.3. The van der Waals surface area contributed by atoms with Crippen LogP contribution in [0.15, 0.2) is 18.3 Å². The van der Waals surface area contributed by atoms with Crippen LogP contribution in [0.2, 0.25) is 0 Å². The van der Waals surface area contributed by atoms with Gasteiger partial charge in [-0.05, 0) is 25.5 Å². The Hall–Kier alpha value is -1.13. The SMILES string of the molecule is CCNCc1cccnc1N1CCCC1CO. The molecule has 2 rings (SSSR count). The number of aliphatic hydroxyl groups is 1. The molecule has 0 spiro atoms. The van der Waals surface area contributed by atoms with Gasteiger partial charge in [-0.2, -0.15) is 0 Å². The third-order valence-electron chi connectivity index (χ3n) is 3.29. The van der Waals surface area contributed by atoms with Gasteiger partial charge in [0.05, 0.1) is 12.6 Å². The summed E-state index contributed by atoms with van der Waals surface area (Å²) in [5.41, 5.74) is 1.22. The number of aromatic nitrogens is 1. The lowest BCUT2D eigenvalue weighted by Gasteiger charge is -2.26. The van der Waals surface area contributed by atoms with E-state index in [1.54, 1.807) is 0 Å². The van der Waals surface area contributed by atoms with Crippen LogP contribution in [0.5, 0.6) is 0 Å². The fraction of sp³-hybridized carbons (Fsp3) is 0.615. The molecule has 1 saturated heterocycles. The zero-order valence-electron chi connectivity index (χ0n) is 10.4. The van der Waals surface area contributed by atoms with Crippen molar-refractivity contribution in [3.8, 4) is 0 Å². The summed E-state index contributed by atoms with van der Waals surface area (Å²) in [7, 11) is 0. The van der Waals surface area contributed by atoms with E-state index < -0.39 is 0 Å². The van der Waals surface area contributed by atoms with Crippen molar-refractivity contribution >= 4 is 5.82 Å². The maximum atomic E-state index is 9.38. The van der Waals surface area contributed by atoms with Crippen LogP contribution in [0, 0.1) is 0 Å². The molecule has 0 aliphatic carbocycles. The Kier molecular flexibility index (Phi) is 4.34. The fourth-order valence-corrected chi connectivity index (χ4v) is 2.39. The van der Waals surface area contributed by atoms with Crippen LogP contribution >= 0.6 is 0 Å². The first kappa shape index (κ1) is 12.3. The van der Waals surface area contributed by atoms with Gasteiger partial charge in [0.1, 0.15) is 5.82 Å². The zero-order chi connectivity index (χ0) is 12.1. The second-order valence-corrected chi connectivity index (χ2v) is 4.44. The molecule has 1 aliphatic rings. The van der Waals surface area contributed by atoms with Crippen LogP contribution in [0.3, 0.4) is 0 Å². The van der Waals surface area contributed by atoms with E-state index in [4.69, 9.17) is 0 Å². The Morgan fingerprint density at radius 3 is 3.24 bits per heavy atom. The molecule has 2 N–H and O–H groups in total. The molecule has 1 aromatic rings. The number of hydrogen-bond acceptors (Lipinski definition) is 4. The van der Waals surface area contributed by atoms with E-state index >= 15 is 0 Å².